The average Bonchev–Trinajstić information content (AvgIpc) is 3.39. The molecular weight excluding hydrogens is 526 g/mol. The lowest BCUT2D eigenvalue weighted by Crippen LogP contribution is -2.23. The lowest BCUT2D eigenvalue weighted by Gasteiger charge is -2.33. The van der Waals surface area contributed by atoms with E-state index in [9.17, 15) is 13.6 Å². The average molecular weight is 554 g/mol. The molecule has 206 valence electrons. The maximum absolute atomic E-state index is 15.3. The number of aliphatic imine (C=N–C) groups is 1. The Morgan fingerprint density at radius 2 is 1.54 bits per heavy atom. The monoisotopic (exact) mass is 553 g/mol. The van der Waals surface area contributed by atoms with Crippen molar-refractivity contribution in [2.75, 3.05) is 0 Å². The fourth-order valence-electron chi connectivity index (χ4n) is 6.32. The highest BCUT2D eigenvalue weighted by molar-refractivity contribution is 6.07. The molecule has 2 unspecified atom stereocenters. The lowest BCUT2D eigenvalue weighted by molar-refractivity contribution is 0.101. The van der Waals surface area contributed by atoms with Gasteiger partial charge in [0.05, 0.1) is 11.6 Å². The largest absolute Gasteiger partial charge is 0.295 e. The van der Waals surface area contributed by atoms with Crippen molar-refractivity contribution < 1.29 is 22.4 Å². The normalized spacial score (nSPS) is 17.8. The zero-order valence-corrected chi connectivity index (χ0v) is 22.6. The molecule has 2 atom stereocenters. The van der Waals surface area contributed by atoms with Gasteiger partial charge in [0.1, 0.15) is 23.3 Å². The third-order valence-corrected chi connectivity index (χ3v) is 8.22. The van der Waals surface area contributed by atoms with Gasteiger partial charge in [0.15, 0.2) is 5.78 Å². The predicted molar refractivity (Wildman–Crippen MR) is 153 cm³/mol. The number of carbonyl (C=O) groups excluding carboxylic acids is 1. The van der Waals surface area contributed by atoms with Crippen LogP contribution in [0.1, 0.15) is 69.9 Å². The molecule has 0 radical (unpaired) electrons. The van der Waals surface area contributed by atoms with Gasteiger partial charge in [-0.15, -0.1) is 0 Å². The summed E-state index contributed by atoms with van der Waals surface area (Å²) < 4.78 is 58.2. The van der Waals surface area contributed by atoms with Gasteiger partial charge in [-0.1, -0.05) is 48.5 Å². The SMILES string of the molecule is CC(=O)c1cccc(CCc2cccc3c2C(C)=C(c2c(F)cc(F)cc2F)C2N=C(c4ccc(F)cc4)CC32)c1. The van der Waals surface area contributed by atoms with Crippen LogP contribution in [0.2, 0.25) is 0 Å². The Balaban J connectivity index is 1.48. The maximum atomic E-state index is 15.3. The lowest BCUT2D eigenvalue weighted by atomic mass is 9.71. The summed E-state index contributed by atoms with van der Waals surface area (Å²) in [6.07, 6.45) is 1.83. The number of halogens is 4. The number of aryl methyl sites for hydroxylation is 2. The Kier molecular flexibility index (Phi) is 6.94. The number of hydrogen-bond acceptors (Lipinski definition) is 2. The van der Waals surface area contributed by atoms with E-state index in [0.29, 0.717) is 48.1 Å². The van der Waals surface area contributed by atoms with E-state index in [1.807, 2.05) is 43.3 Å². The molecule has 0 spiro atoms. The molecule has 0 saturated heterocycles. The van der Waals surface area contributed by atoms with Crippen molar-refractivity contribution in [2.24, 2.45) is 4.99 Å². The van der Waals surface area contributed by atoms with Gasteiger partial charge in [0.2, 0.25) is 0 Å². The van der Waals surface area contributed by atoms with Crippen LogP contribution >= 0.6 is 0 Å². The van der Waals surface area contributed by atoms with Crippen molar-refractivity contribution in [1.82, 2.24) is 0 Å². The Morgan fingerprint density at radius 3 is 2.24 bits per heavy atom. The molecule has 4 aromatic rings. The Morgan fingerprint density at radius 1 is 0.829 bits per heavy atom. The van der Waals surface area contributed by atoms with Gasteiger partial charge < -0.3 is 0 Å². The smallest absolute Gasteiger partial charge is 0.159 e. The van der Waals surface area contributed by atoms with E-state index in [1.165, 1.54) is 19.1 Å². The minimum absolute atomic E-state index is 0.0000509. The van der Waals surface area contributed by atoms with Crippen LogP contribution in [-0.2, 0) is 12.8 Å². The first kappa shape index (κ1) is 26.9. The van der Waals surface area contributed by atoms with Crippen molar-refractivity contribution in [2.45, 2.75) is 45.1 Å². The number of Topliss-reactive ketones (excluding diaryl/α,β-unsaturated/α-hetero) is 1. The highest BCUT2D eigenvalue weighted by Gasteiger charge is 2.42. The zero-order chi connectivity index (χ0) is 28.8. The molecule has 1 heterocycles. The van der Waals surface area contributed by atoms with Crippen molar-refractivity contribution >= 4 is 22.6 Å². The van der Waals surface area contributed by atoms with Crippen LogP contribution in [0.3, 0.4) is 0 Å². The Hall–Kier alpha value is -4.32. The highest BCUT2D eigenvalue weighted by atomic mass is 19.1. The molecule has 0 saturated carbocycles. The second kappa shape index (κ2) is 10.6. The van der Waals surface area contributed by atoms with Crippen LogP contribution in [0.5, 0.6) is 0 Å². The van der Waals surface area contributed by atoms with Crippen LogP contribution < -0.4 is 0 Å². The predicted octanol–water partition coefficient (Wildman–Crippen LogP) is 8.52. The number of rotatable bonds is 6. The number of hydrogen-bond donors (Lipinski definition) is 0. The van der Waals surface area contributed by atoms with Crippen LogP contribution in [0.4, 0.5) is 17.6 Å². The van der Waals surface area contributed by atoms with E-state index in [-0.39, 0.29) is 23.1 Å². The molecule has 6 rings (SSSR count). The van der Waals surface area contributed by atoms with E-state index in [0.717, 1.165) is 33.5 Å². The van der Waals surface area contributed by atoms with Gasteiger partial charge >= 0.3 is 0 Å². The van der Waals surface area contributed by atoms with E-state index in [1.54, 1.807) is 18.2 Å². The van der Waals surface area contributed by atoms with Crippen LogP contribution in [0.15, 0.2) is 83.9 Å². The number of allylic oxidation sites excluding steroid dienone is 1. The molecule has 4 aromatic carbocycles. The summed E-state index contributed by atoms with van der Waals surface area (Å²) in [5, 5.41) is 0. The summed E-state index contributed by atoms with van der Waals surface area (Å²) in [6, 6.07) is 20.5. The molecule has 0 fully saturated rings. The van der Waals surface area contributed by atoms with Gasteiger partial charge in [-0.2, -0.15) is 0 Å². The summed E-state index contributed by atoms with van der Waals surface area (Å²) in [5.41, 5.74) is 6.96. The van der Waals surface area contributed by atoms with E-state index in [2.05, 4.69) is 0 Å². The second-order valence-electron chi connectivity index (χ2n) is 10.8. The van der Waals surface area contributed by atoms with Gasteiger partial charge in [-0.25, -0.2) is 17.6 Å². The maximum Gasteiger partial charge on any atom is 0.159 e. The molecule has 0 N–H and O–H groups in total. The first-order valence-corrected chi connectivity index (χ1v) is 13.6. The summed E-state index contributed by atoms with van der Waals surface area (Å²) in [6.45, 7) is 3.38. The quantitative estimate of drug-likeness (QED) is 0.174. The summed E-state index contributed by atoms with van der Waals surface area (Å²) in [4.78, 5) is 16.8. The van der Waals surface area contributed by atoms with Crippen molar-refractivity contribution in [3.8, 4) is 0 Å². The first-order valence-electron chi connectivity index (χ1n) is 13.6. The molecule has 0 bridgehead atoms. The van der Waals surface area contributed by atoms with E-state index in [4.69, 9.17) is 4.99 Å². The molecule has 0 aromatic heterocycles. The summed E-state index contributed by atoms with van der Waals surface area (Å²) in [5.74, 6) is -3.48. The van der Waals surface area contributed by atoms with Crippen molar-refractivity contribution in [3.63, 3.8) is 0 Å². The molecule has 0 amide bonds. The fourth-order valence-corrected chi connectivity index (χ4v) is 6.32. The number of fused-ring (bicyclic) bond motifs is 3. The van der Waals surface area contributed by atoms with E-state index >= 15 is 8.78 Å². The summed E-state index contributed by atoms with van der Waals surface area (Å²) in [7, 11) is 0. The van der Waals surface area contributed by atoms with Crippen molar-refractivity contribution in [3.05, 3.63) is 141 Å². The Bertz CT molecular complexity index is 1730. The number of carbonyl (C=O) groups is 1. The molecule has 2 aliphatic rings. The standard InChI is InChI=1S/C35H27F4NO/c1-19-32-23(10-9-21-5-3-7-24(15-21)20(2)41)6-4-8-27(32)28-18-31(22-11-13-25(36)14-12-22)40-35(28)33(19)34-29(38)16-26(37)17-30(34)39/h3-8,11-17,28,35H,9-10,18H2,1-2H3. The first-order chi connectivity index (χ1) is 19.7. The van der Waals surface area contributed by atoms with Gasteiger partial charge in [0.25, 0.3) is 0 Å². The number of benzene rings is 4. The van der Waals surface area contributed by atoms with Crippen LogP contribution in [0.25, 0.3) is 11.1 Å². The van der Waals surface area contributed by atoms with Crippen LogP contribution in [-0.4, -0.2) is 17.5 Å². The summed E-state index contributed by atoms with van der Waals surface area (Å²) >= 11 is 0. The molecular formula is C35H27F4NO. The highest BCUT2D eigenvalue weighted by Crippen LogP contribution is 2.51. The second-order valence-corrected chi connectivity index (χ2v) is 10.8. The topological polar surface area (TPSA) is 29.4 Å². The van der Waals surface area contributed by atoms with Gasteiger partial charge in [-0.3, -0.25) is 9.79 Å². The van der Waals surface area contributed by atoms with Crippen LogP contribution in [0, 0.1) is 23.3 Å². The zero-order valence-electron chi connectivity index (χ0n) is 22.6. The minimum atomic E-state index is -0.981. The molecule has 41 heavy (non-hydrogen) atoms. The molecule has 1 aliphatic carbocycles. The minimum Gasteiger partial charge on any atom is -0.295 e. The molecule has 1 aliphatic heterocycles. The Labute approximate surface area is 236 Å². The fraction of sp³-hybridized carbons (Fsp3) is 0.200. The number of nitrogens with zero attached hydrogens (tertiary/aromatic N) is 1. The number of ketones is 1. The van der Waals surface area contributed by atoms with Gasteiger partial charge in [-0.05, 0) is 90.3 Å². The molecule has 6 heteroatoms. The van der Waals surface area contributed by atoms with Gasteiger partial charge in [0, 0.05) is 29.3 Å². The third kappa shape index (κ3) is 4.92. The third-order valence-electron chi connectivity index (χ3n) is 8.22. The van der Waals surface area contributed by atoms with E-state index < -0.39 is 23.5 Å². The van der Waals surface area contributed by atoms with Crippen molar-refractivity contribution in [1.29, 1.82) is 0 Å². The molecule has 2 nitrogen and oxygen atoms in total.